The molecule has 0 spiro atoms. The summed E-state index contributed by atoms with van der Waals surface area (Å²) in [6, 6.07) is 0. The largest absolute Gasteiger partial charge is 0.464 e. The lowest BCUT2D eigenvalue weighted by Gasteiger charge is -2.06. The predicted octanol–water partition coefficient (Wildman–Crippen LogP) is 0.822. The number of carbonyl (C=O) groups is 1. The van der Waals surface area contributed by atoms with Crippen molar-refractivity contribution in [2.45, 2.75) is 26.4 Å². The minimum Gasteiger partial charge on any atom is -0.464 e. The van der Waals surface area contributed by atoms with Gasteiger partial charge in [0.2, 0.25) is 0 Å². The Morgan fingerprint density at radius 2 is 2.58 bits per heavy atom. The normalized spacial score (nSPS) is 12.5. The fraction of sp³-hybridized carbons (Fsp3) is 0.500. The SMILES string of the molecule is Cc1[nH]cnc1CC(C)OC=O. The summed E-state index contributed by atoms with van der Waals surface area (Å²) in [5.74, 6) is 0. The fourth-order valence-electron chi connectivity index (χ4n) is 1.01. The van der Waals surface area contributed by atoms with E-state index in [0.717, 1.165) is 11.4 Å². The molecule has 1 atom stereocenters. The summed E-state index contributed by atoms with van der Waals surface area (Å²) < 4.78 is 4.74. The number of hydrogen-bond acceptors (Lipinski definition) is 3. The standard InChI is InChI=1S/C8H12N2O2/c1-6(12-5-11)3-8-7(2)9-4-10-8/h4-6H,3H2,1-2H3,(H,9,10). The van der Waals surface area contributed by atoms with E-state index in [-0.39, 0.29) is 6.10 Å². The molecule has 0 radical (unpaired) electrons. The number of imidazole rings is 1. The highest BCUT2D eigenvalue weighted by molar-refractivity contribution is 5.37. The van der Waals surface area contributed by atoms with Gasteiger partial charge in [-0.1, -0.05) is 0 Å². The van der Waals surface area contributed by atoms with Gasteiger partial charge in [0, 0.05) is 12.1 Å². The molecule has 0 aliphatic heterocycles. The van der Waals surface area contributed by atoms with E-state index in [9.17, 15) is 4.79 Å². The van der Waals surface area contributed by atoms with Crippen LogP contribution >= 0.6 is 0 Å². The minimum absolute atomic E-state index is 0.107. The van der Waals surface area contributed by atoms with Crippen molar-refractivity contribution in [2.75, 3.05) is 0 Å². The van der Waals surface area contributed by atoms with Crippen LogP contribution in [0.15, 0.2) is 6.33 Å². The summed E-state index contributed by atoms with van der Waals surface area (Å²) in [5.41, 5.74) is 1.97. The van der Waals surface area contributed by atoms with Gasteiger partial charge in [-0.25, -0.2) is 4.98 Å². The summed E-state index contributed by atoms with van der Waals surface area (Å²) in [6.45, 7) is 4.24. The van der Waals surface area contributed by atoms with Crippen molar-refractivity contribution >= 4 is 6.47 Å². The summed E-state index contributed by atoms with van der Waals surface area (Å²) in [5, 5.41) is 0. The Morgan fingerprint density at radius 3 is 3.08 bits per heavy atom. The number of carbonyl (C=O) groups excluding carboxylic acids is 1. The van der Waals surface area contributed by atoms with Crippen LogP contribution < -0.4 is 0 Å². The first kappa shape index (κ1) is 8.77. The van der Waals surface area contributed by atoms with E-state index in [2.05, 4.69) is 9.97 Å². The van der Waals surface area contributed by atoms with Crippen molar-refractivity contribution in [1.82, 2.24) is 9.97 Å². The van der Waals surface area contributed by atoms with Gasteiger partial charge in [0.1, 0.15) is 6.10 Å². The van der Waals surface area contributed by atoms with Crippen LogP contribution in [0.2, 0.25) is 0 Å². The van der Waals surface area contributed by atoms with Crippen LogP contribution in [0, 0.1) is 6.92 Å². The quantitative estimate of drug-likeness (QED) is 0.677. The average Bonchev–Trinajstić information content (AvgIpc) is 2.37. The Bertz CT molecular complexity index is 257. The number of aromatic nitrogens is 2. The van der Waals surface area contributed by atoms with Gasteiger partial charge in [0.05, 0.1) is 12.0 Å². The van der Waals surface area contributed by atoms with Crippen LogP contribution in [-0.4, -0.2) is 22.5 Å². The molecule has 12 heavy (non-hydrogen) atoms. The second-order valence-electron chi connectivity index (χ2n) is 2.72. The highest BCUT2D eigenvalue weighted by Crippen LogP contribution is 2.05. The molecule has 1 aromatic rings. The number of aromatic amines is 1. The van der Waals surface area contributed by atoms with E-state index < -0.39 is 0 Å². The summed E-state index contributed by atoms with van der Waals surface area (Å²) in [7, 11) is 0. The molecule has 0 fully saturated rings. The maximum absolute atomic E-state index is 9.98. The molecule has 0 amide bonds. The first-order valence-electron chi connectivity index (χ1n) is 3.82. The van der Waals surface area contributed by atoms with Gasteiger partial charge in [0.25, 0.3) is 6.47 Å². The molecule has 0 aliphatic rings. The summed E-state index contributed by atoms with van der Waals surface area (Å²) >= 11 is 0. The van der Waals surface area contributed by atoms with Crippen molar-refractivity contribution in [3.8, 4) is 0 Å². The molecule has 4 heteroatoms. The molecule has 0 saturated carbocycles. The molecule has 0 aliphatic carbocycles. The van der Waals surface area contributed by atoms with Gasteiger partial charge >= 0.3 is 0 Å². The Labute approximate surface area is 71.0 Å². The van der Waals surface area contributed by atoms with Crippen molar-refractivity contribution in [3.63, 3.8) is 0 Å². The summed E-state index contributed by atoms with van der Waals surface area (Å²) in [6.07, 6.45) is 2.19. The average molecular weight is 168 g/mol. The van der Waals surface area contributed by atoms with Crippen LogP contribution in [0.5, 0.6) is 0 Å². The van der Waals surface area contributed by atoms with Crippen LogP contribution in [0.4, 0.5) is 0 Å². The number of ether oxygens (including phenoxy) is 1. The second kappa shape index (κ2) is 3.90. The lowest BCUT2D eigenvalue weighted by atomic mass is 10.2. The zero-order valence-electron chi connectivity index (χ0n) is 7.20. The monoisotopic (exact) mass is 168 g/mol. The first-order valence-corrected chi connectivity index (χ1v) is 3.82. The van der Waals surface area contributed by atoms with Gasteiger partial charge in [-0.15, -0.1) is 0 Å². The number of nitrogens with one attached hydrogen (secondary N) is 1. The smallest absolute Gasteiger partial charge is 0.293 e. The predicted molar refractivity (Wildman–Crippen MR) is 43.6 cm³/mol. The third-order valence-corrected chi connectivity index (χ3v) is 1.70. The molecule has 1 N–H and O–H groups in total. The molecule has 4 nitrogen and oxygen atoms in total. The van der Waals surface area contributed by atoms with E-state index in [4.69, 9.17) is 4.74 Å². The van der Waals surface area contributed by atoms with Gasteiger partial charge < -0.3 is 9.72 Å². The number of rotatable bonds is 4. The van der Waals surface area contributed by atoms with Crippen molar-refractivity contribution in [1.29, 1.82) is 0 Å². The molecule has 1 heterocycles. The third-order valence-electron chi connectivity index (χ3n) is 1.70. The van der Waals surface area contributed by atoms with Gasteiger partial charge in [0.15, 0.2) is 0 Å². The van der Waals surface area contributed by atoms with E-state index in [0.29, 0.717) is 12.9 Å². The molecule has 0 bridgehead atoms. The van der Waals surface area contributed by atoms with Gasteiger partial charge in [-0.2, -0.15) is 0 Å². The number of hydrogen-bond donors (Lipinski definition) is 1. The van der Waals surface area contributed by atoms with E-state index in [1.807, 2.05) is 13.8 Å². The Morgan fingerprint density at radius 1 is 1.83 bits per heavy atom. The highest BCUT2D eigenvalue weighted by Gasteiger charge is 2.07. The third kappa shape index (κ3) is 2.08. The second-order valence-corrected chi connectivity index (χ2v) is 2.72. The Hall–Kier alpha value is -1.32. The van der Waals surface area contributed by atoms with E-state index in [1.165, 1.54) is 0 Å². The summed E-state index contributed by atoms with van der Waals surface area (Å²) in [4.78, 5) is 17.0. The maximum atomic E-state index is 9.98. The van der Waals surface area contributed by atoms with Crippen molar-refractivity contribution < 1.29 is 9.53 Å². The first-order chi connectivity index (χ1) is 5.74. The van der Waals surface area contributed by atoms with Crippen LogP contribution in [0.25, 0.3) is 0 Å². The minimum atomic E-state index is -0.107. The Balaban J connectivity index is 2.51. The van der Waals surface area contributed by atoms with Crippen molar-refractivity contribution in [2.24, 2.45) is 0 Å². The van der Waals surface area contributed by atoms with Crippen LogP contribution in [0.1, 0.15) is 18.3 Å². The lowest BCUT2D eigenvalue weighted by Crippen LogP contribution is -2.11. The van der Waals surface area contributed by atoms with Gasteiger partial charge in [-0.05, 0) is 13.8 Å². The molecule has 0 aromatic carbocycles. The molecule has 66 valence electrons. The molecular weight excluding hydrogens is 156 g/mol. The fourth-order valence-corrected chi connectivity index (χ4v) is 1.01. The maximum Gasteiger partial charge on any atom is 0.293 e. The highest BCUT2D eigenvalue weighted by atomic mass is 16.5. The Kier molecular flexibility index (Phi) is 2.85. The molecule has 1 rings (SSSR count). The van der Waals surface area contributed by atoms with E-state index >= 15 is 0 Å². The number of nitrogens with zero attached hydrogens (tertiary/aromatic N) is 1. The molecular formula is C8H12N2O2. The molecule has 1 aromatic heterocycles. The van der Waals surface area contributed by atoms with Crippen LogP contribution in [0.3, 0.4) is 0 Å². The van der Waals surface area contributed by atoms with Crippen LogP contribution in [-0.2, 0) is 16.0 Å². The van der Waals surface area contributed by atoms with Gasteiger partial charge in [-0.3, -0.25) is 4.79 Å². The number of H-pyrrole nitrogens is 1. The topological polar surface area (TPSA) is 55.0 Å². The molecule has 1 unspecified atom stereocenters. The van der Waals surface area contributed by atoms with Crippen molar-refractivity contribution in [3.05, 3.63) is 17.7 Å². The number of aryl methyl sites for hydroxylation is 1. The molecule has 0 saturated heterocycles. The van der Waals surface area contributed by atoms with E-state index in [1.54, 1.807) is 6.33 Å². The zero-order valence-corrected chi connectivity index (χ0v) is 7.20. The zero-order chi connectivity index (χ0) is 8.97. The lowest BCUT2D eigenvalue weighted by molar-refractivity contribution is -0.132.